The molecule has 11 heavy (non-hydrogen) atoms. The fourth-order valence-electron chi connectivity index (χ4n) is 0. The van der Waals surface area contributed by atoms with Crippen LogP contribution in [-0.4, -0.2) is 0 Å². The van der Waals surface area contributed by atoms with Crippen molar-refractivity contribution in [1.29, 1.82) is 0 Å². The molecule has 0 saturated heterocycles. The van der Waals surface area contributed by atoms with Gasteiger partial charge < -0.3 is 44.6 Å². The van der Waals surface area contributed by atoms with E-state index in [1.807, 2.05) is 0 Å². The second kappa shape index (κ2) is 176. The molecular formula is C6H18W5-4. The van der Waals surface area contributed by atoms with Gasteiger partial charge in [-0.15, -0.1) is 0 Å². The first-order chi connectivity index (χ1) is 0. The van der Waals surface area contributed by atoms with Crippen LogP contribution in [0.15, 0.2) is 0 Å². The zero-order valence-corrected chi connectivity index (χ0v) is 22.7. The minimum absolute atomic E-state index is 0. The van der Waals surface area contributed by atoms with E-state index in [1.165, 1.54) is 0 Å². The number of hydrogen-bond donors (Lipinski definition) is 0. The molecular weight excluding hydrogens is 991 g/mol. The average molecular weight is 1010 g/mol. The first-order valence-electron chi connectivity index (χ1n) is 0. The van der Waals surface area contributed by atoms with Gasteiger partial charge in [-0.1, -0.05) is 0 Å². The molecule has 0 radical (unpaired) electrons. The Bertz CT molecular complexity index is 10.9. The number of rotatable bonds is 0. The molecule has 0 aliphatic rings. The van der Waals surface area contributed by atoms with Crippen molar-refractivity contribution in [3.63, 3.8) is 0 Å². The molecule has 0 aromatic rings. The van der Waals surface area contributed by atoms with E-state index in [2.05, 4.69) is 0 Å². The predicted molar refractivity (Wildman–Crippen MR) is 38.5 cm³/mol. The van der Waals surface area contributed by atoms with Gasteiger partial charge in [-0.2, -0.15) is 0 Å². The molecule has 0 unspecified atom stereocenters. The Morgan fingerprint density at radius 1 is 0.273 bits per heavy atom. The third-order valence-corrected chi connectivity index (χ3v) is 0. The Balaban J connectivity index is 0. The van der Waals surface area contributed by atoms with Crippen LogP contribution in [0.2, 0.25) is 0 Å². The second-order valence-electron chi connectivity index (χ2n) is 0. The van der Waals surface area contributed by atoms with Crippen molar-refractivity contribution in [2.24, 2.45) is 0 Å². The van der Waals surface area contributed by atoms with Gasteiger partial charge in [0.05, 0.1) is 0 Å². The van der Waals surface area contributed by atoms with Gasteiger partial charge in [0.2, 0.25) is 0 Å². The smallest absolute Gasteiger partial charge is 0.358 e. The van der Waals surface area contributed by atoms with Crippen molar-refractivity contribution in [2.45, 2.75) is 0 Å². The monoisotopic (exact) mass is 1010 g/mol. The van der Waals surface area contributed by atoms with Crippen molar-refractivity contribution < 1.29 is 105 Å². The molecule has 0 atom stereocenters. The Labute approximate surface area is 148 Å². The Hall–Kier alpha value is 3.44. The van der Waals surface area contributed by atoms with Crippen molar-refractivity contribution >= 4 is 0 Å². The molecule has 0 fully saturated rings. The van der Waals surface area contributed by atoms with Crippen LogP contribution in [0.3, 0.4) is 0 Å². The molecule has 0 rings (SSSR count). The summed E-state index contributed by atoms with van der Waals surface area (Å²) in [4.78, 5) is 0. The summed E-state index contributed by atoms with van der Waals surface area (Å²) in [5, 5.41) is 0. The van der Waals surface area contributed by atoms with Gasteiger partial charge >= 0.3 is 21.1 Å². The summed E-state index contributed by atoms with van der Waals surface area (Å²) in [5.74, 6) is 0. The zero-order valence-electron chi connectivity index (χ0n) is 8.04. The van der Waals surface area contributed by atoms with Gasteiger partial charge in [-0.3, -0.25) is 0 Å². The van der Waals surface area contributed by atoms with Gasteiger partial charge in [-0.25, -0.2) is 0 Å². The van der Waals surface area contributed by atoms with Gasteiger partial charge in [0.1, 0.15) is 0 Å². The van der Waals surface area contributed by atoms with Gasteiger partial charge in [0.15, 0.2) is 0 Å². The summed E-state index contributed by atoms with van der Waals surface area (Å²) >= 11 is 0. The maximum atomic E-state index is 0. The molecule has 0 aliphatic heterocycles. The van der Waals surface area contributed by atoms with Crippen molar-refractivity contribution in [2.75, 3.05) is 0 Å². The first-order valence-corrected chi connectivity index (χ1v) is 0. The molecule has 0 aliphatic carbocycles. The topological polar surface area (TPSA) is 0 Å². The Morgan fingerprint density at radius 3 is 0.273 bits per heavy atom. The first kappa shape index (κ1) is 220. The number of hydrogen-bond acceptors (Lipinski definition) is 0. The molecule has 5 heteroatoms. The molecule has 76 valence electrons. The molecule has 0 bridgehead atoms. The summed E-state index contributed by atoms with van der Waals surface area (Å²) in [7, 11) is 0. The van der Waals surface area contributed by atoms with Gasteiger partial charge in [0.25, 0.3) is 0 Å². The van der Waals surface area contributed by atoms with E-state index >= 15 is 0 Å². The van der Waals surface area contributed by atoms with Crippen LogP contribution in [0.1, 0.15) is 0 Å². The van der Waals surface area contributed by atoms with Crippen LogP contribution in [0.5, 0.6) is 0 Å². The van der Waals surface area contributed by atoms with E-state index < -0.39 is 0 Å². The third-order valence-electron chi connectivity index (χ3n) is 0. The van der Waals surface area contributed by atoms with E-state index in [-0.39, 0.29) is 150 Å². The van der Waals surface area contributed by atoms with E-state index in [9.17, 15) is 0 Å². The minimum atomic E-state index is 0. The molecule has 0 heterocycles. The molecule has 0 nitrogen and oxygen atoms in total. The molecule has 0 aromatic heterocycles. The fraction of sp³-hybridized carbons (Fsp3) is 0. The van der Waals surface area contributed by atoms with Crippen LogP contribution >= 0.6 is 0 Å². The van der Waals surface area contributed by atoms with Crippen LogP contribution in [0, 0.1) is 44.6 Å². The van der Waals surface area contributed by atoms with Crippen molar-refractivity contribution in [1.82, 2.24) is 0 Å². The normalized spacial score (nSPS) is 0. The van der Waals surface area contributed by atoms with E-state index in [1.54, 1.807) is 0 Å². The molecule has 0 spiro atoms. The fourth-order valence-corrected chi connectivity index (χ4v) is 0. The summed E-state index contributed by atoms with van der Waals surface area (Å²) in [6.07, 6.45) is 0. The van der Waals surface area contributed by atoms with E-state index in [0.717, 1.165) is 0 Å². The van der Waals surface area contributed by atoms with Gasteiger partial charge in [0, 0.05) is 84.3 Å². The van der Waals surface area contributed by atoms with E-state index in [0.29, 0.717) is 0 Å². The van der Waals surface area contributed by atoms with Crippen molar-refractivity contribution in [3.05, 3.63) is 44.6 Å². The Morgan fingerprint density at radius 2 is 0.273 bits per heavy atom. The predicted octanol–water partition coefficient (Wildman–Crippen LogP) is 2.69. The summed E-state index contributed by atoms with van der Waals surface area (Å²) in [6, 6.07) is 0. The maximum absolute atomic E-state index is 0. The maximum Gasteiger partial charge on any atom is 2.00 e. The second-order valence-corrected chi connectivity index (χ2v) is 0. The summed E-state index contributed by atoms with van der Waals surface area (Å²) in [6.45, 7) is 0. The molecule has 0 aromatic carbocycles. The van der Waals surface area contributed by atoms with Gasteiger partial charge in [-0.05, 0) is 0 Å². The Kier molecular flexibility index (Phi) is 3520. The molecule has 0 saturated carbocycles. The third kappa shape index (κ3) is 149. The zero-order chi connectivity index (χ0) is 0. The van der Waals surface area contributed by atoms with Crippen LogP contribution < -0.4 is 0 Å². The minimum Gasteiger partial charge on any atom is -0.358 e. The van der Waals surface area contributed by atoms with Crippen LogP contribution in [0.4, 0.5) is 0 Å². The summed E-state index contributed by atoms with van der Waals surface area (Å²) < 4.78 is 0. The van der Waals surface area contributed by atoms with E-state index in [4.69, 9.17) is 0 Å². The summed E-state index contributed by atoms with van der Waals surface area (Å²) in [5.41, 5.74) is 0. The standard InChI is InChI=1S/6CH3.5W/h6*1H3;;;;;/q6*-1;;;;;+2. The average Bonchev–Trinajstić information content (AvgIpc) is 0. The van der Waals surface area contributed by atoms with Crippen molar-refractivity contribution in [3.8, 4) is 0 Å². The van der Waals surface area contributed by atoms with Crippen LogP contribution in [-0.2, 0) is 105 Å². The SMILES string of the molecule is [CH3-].[CH3-].[CH3-].[CH3-].[CH3-].[CH3-].[W+2].[W].[W].[W].[W]. The van der Waals surface area contributed by atoms with Crippen LogP contribution in [0.25, 0.3) is 0 Å². The quantitative estimate of drug-likeness (QED) is 0.328. The molecule has 0 N–H and O–H groups in total. The molecule has 0 amide bonds. The largest absolute Gasteiger partial charge is 2.00 e.